The Bertz CT molecular complexity index is 470. The van der Waals surface area contributed by atoms with Gasteiger partial charge in [0.1, 0.15) is 28.9 Å². The van der Waals surface area contributed by atoms with Crippen LogP contribution in [0.1, 0.15) is 15.2 Å². The van der Waals surface area contributed by atoms with Gasteiger partial charge in [-0.3, -0.25) is 4.79 Å². The van der Waals surface area contributed by atoms with Crippen LogP contribution in [0.5, 0.6) is 5.88 Å². The number of aromatic nitrogens is 1. The van der Waals surface area contributed by atoms with Crippen molar-refractivity contribution in [3.63, 3.8) is 0 Å². The normalized spacial score (nSPS) is 11.5. The molecule has 1 rings (SSSR count). The van der Waals surface area contributed by atoms with Crippen LogP contribution in [0.3, 0.4) is 0 Å². The lowest BCUT2D eigenvalue weighted by molar-refractivity contribution is 0.0998. The Labute approximate surface area is 116 Å². The lowest BCUT2D eigenvalue weighted by Crippen LogP contribution is -2.12. The molecule has 1 heterocycles. The van der Waals surface area contributed by atoms with Crippen LogP contribution in [-0.2, 0) is 12.9 Å². The molecule has 18 heavy (non-hydrogen) atoms. The van der Waals surface area contributed by atoms with Gasteiger partial charge >= 0.3 is 5.77 Å². The number of carbonyl (C=O) groups excluding carboxylic acids is 1. The molecule has 0 aliphatic heterocycles. The number of nitrogens with two attached hydrogens (primary N) is 1. The van der Waals surface area contributed by atoms with Crippen molar-refractivity contribution in [2.75, 3.05) is 14.2 Å². The number of amides is 1. The Morgan fingerprint density at radius 1 is 1.39 bits per heavy atom. The Balaban J connectivity index is 3.01. The first-order valence-electron chi connectivity index (χ1n) is 4.44. The van der Waals surface area contributed by atoms with E-state index in [0.29, 0.717) is 28.2 Å². The molecular formula is C7H11N2O5PS3. The Morgan fingerprint density at radius 2 is 1.94 bits per heavy atom. The Morgan fingerprint density at radius 3 is 2.39 bits per heavy atom. The molecule has 0 atom stereocenters. The maximum atomic E-state index is 12.2. The van der Waals surface area contributed by atoms with Crippen LogP contribution in [0, 0.1) is 6.92 Å². The quantitative estimate of drug-likeness (QED) is 0.601. The number of carbonyl (C=O) groups is 1. The molecule has 0 radical (unpaired) electrons. The average molecular weight is 330 g/mol. The summed E-state index contributed by atoms with van der Waals surface area (Å²) in [6.45, 7) is 1.67. The summed E-state index contributed by atoms with van der Waals surface area (Å²) in [5.74, 6) is -4.12. The van der Waals surface area contributed by atoms with E-state index >= 15 is 0 Å². The summed E-state index contributed by atoms with van der Waals surface area (Å²) in [5.41, 5.74) is 5.33. The van der Waals surface area contributed by atoms with Gasteiger partial charge in [-0.2, -0.15) is 4.37 Å². The van der Waals surface area contributed by atoms with Gasteiger partial charge in [0.25, 0.3) is 5.91 Å². The third-order valence-corrected chi connectivity index (χ3v) is 6.94. The summed E-state index contributed by atoms with van der Waals surface area (Å²) in [6.07, 6.45) is 0. The third-order valence-electron chi connectivity index (χ3n) is 1.61. The van der Waals surface area contributed by atoms with E-state index in [2.05, 4.69) is 4.37 Å². The highest BCUT2D eigenvalue weighted by molar-refractivity contribution is 8.87. The molecule has 1 aromatic heterocycles. The second-order valence-corrected chi connectivity index (χ2v) is 10.3. The summed E-state index contributed by atoms with van der Waals surface area (Å²) >= 11 is 2.26. The molecule has 0 unspecified atom stereocenters. The Kier molecular flexibility index (Phi) is 5.96. The molecule has 0 saturated carbocycles. The molecule has 0 saturated heterocycles. The second kappa shape index (κ2) is 6.78. The highest BCUT2D eigenvalue weighted by atomic mass is 33.1. The molecule has 0 aromatic carbocycles. The highest BCUT2D eigenvalue weighted by Crippen LogP contribution is 2.69. The zero-order valence-electron chi connectivity index (χ0n) is 9.74. The average Bonchev–Trinajstić information content (AvgIpc) is 2.59. The number of hydrogen-bond acceptors (Lipinski definition) is 9. The van der Waals surface area contributed by atoms with Crippen molar-refractivity contribution in [2.24, 2.45) is 5.73 Å². The molecule has 0 spiro atoms. The second-order valence-electron chi connectivity index (χ2n) is 2.80. The van der Waals surface area contributed by atoms with Gasteiger partial charge < -0.3 is 18.6 Å². The molecule has 0 aliphatic carbocycles. The van der Waals surface area contributed by atoms with E-state index < -0.39 is 11.7 Å². The minimum atomic E-state index is -3.37. The van der Waals surface area contributed by atoms with E-state index in [9.17, 15) is 9.36 Å². The lowest BCUT2D eigenvalue weighted by atomic mass is 10.3. The molecule has 0 fully saturated rings. The van der Waals surface area contributed by atoms with Crippen molar-refractivity contribution in [3.05, 3.63) is 10.4 Å². The summed E-state index contributed by atoms with van der Waals surface area (Å²) < 4.78 is 30.8. The fourth-order valence-corrected chi connectivity index (χ4v) is 5.60. The van der Waals surface area contributed by atoms with Crippen molar-refractivity contribution in [1.29, 1.82) is 0 Å². The lowest BCUT2D eigenvalue weighted by Gasteiger charge is -2.13. The van der Waals surface area contributed by atoms with Gasteiger partial charge in [0.15, 0.2) is 0 Å². The van der Waals surface area contributed by atoms with Gasteiger partial charge in [-0.25, -0.2) is 4.57 Å². The number of aryl methyl sites for hydroxylation is 1. The fourth-order valence-electron chi connectivity index (χ4n) is 1.02. The summed E-state index contributed by atoms with van der Waals surface area (Å²) in [4.78, 5) is 11.8. The first-order chi connectivity index (χ1) is 8.43. The standard InChI is InChI=1S/C7H11N2O5PS3/c1-4-5(6(8)10)7(9-16-4)14-15(11,17-12-2)18-13-3/h1-3H3,(H2,8,10). The molecule has 11 heteroatoms. The van der Waals surface area contributed by atoms with Crippen molar-refractivity contribution in [1.82, 2.24) is 4.37 Å². The topological polar surface area (TPSA) is 101 Å². The van der Waals surface area contributed by atoms with Crippen LogP contribution >= 0.6 is 40.6 Å². The van der Waals surface area contributed by atoms with Crippen LogP contribution in [-0.4, -0.2) is 24.5 Å². The highest BCUT2D eigenvalue weighted by Gasteiger charge is 2.32. The van der Waals surface area contributed by atoms with Gasteiger partial charge in [-0.05, 0) is 18.5 Å². The van der Waals surface area contributed by atoms with E-state index in [-0.39, 0.29) is 11.4 Å². The van der Waals surface area contributed by atoms with Crippen molar-refractivity contribution in [3.8, 4) is 5.88 Å². The maximum absolute atomic E-state index is 12.2. The van der Waals surface area contributed by atoms with Crippen LogP contribution < -0.4 is 10.3 Å². The smallest absolute Gasteiger partial charge is 0.406 e. The van der Waals surface area contributed by atoms with Gasteiger partial charge in [0.05, 0.1) is 14.2 Å². The SMILES string of the molecule is COSP(=O)(Oc1nsc(C)c1C(N)=O)SOC. The van der Waals surface area contributed by atoms with E-state index in [4.69, 9.17) is 18.6 Å². The van der Waals surface area contributed by atoms with Crippen LogP contribution in [0.25, 0.3) is 0 Å². The molecular weight excluding hydrogens is 319 g/mol. The summed E-state index contributed by atoms with van der Waals surface area (Å²) in [5, 5.41) is 0. The monoisotopic (exact) mass is 330 g/mol. The Hall–Kier alpha value is -0.250. The molecule has 0 aliphatic rings. The molecule has 2 N–H and O–H groups in total. The molecule has 1 amide bonds. The van der Waals surface area contributed by atoms with Crippen LogP contribution in [0.15, 0.2) is 0 Å². The van der Waals surface area contributed by atoms with E-state index in [1.54, 1.807) is 6.92 Å². The first-order valence-corrected chi connectivity index (χ1v) is 9.53. The molecule has 1 aromatic rings. The number of hydrogen-bond donors (Lipinski definition) is 1. The third kappa shape index (κ3) is 3.87. The number of primary amides is 1. The van der Waals surface area contributed by atoms with Crippen LogP contribution in [0.4, 0.5) is 0 Å². The molecule has 0 bridgehead atoms. The van der Waals surface area contributed by atoms with Crippen molar-refractivity contribution >= 4 is 46.5 Å². The van der Waals surface area contributed by atoms with Gasteiger partial charge in [-0.1, -0.05) is 0 Å². The van der Waals surface area contributed by atoms with E-state index in [1.807, 2.05) is 0 Å². The first kappa shape index (κ1) is 15.8. The number of rotatable bonds is 7. The predicted molar refractivity (Wildman–Crippen MR) is 72.8 cm³/mol. The summed E-state index contributed by atoms with van der Waals surface area (Å²) in [7, 11) is 2.69. The van der Waals surface area contributed by atoms with Gasteiger partial charge in [0, 0.05) is 4.88 Å². The largest absolute Gasteiger partial charge is 0.413 e. The zero-order valence-corrected chi connectivity index (χ0v) is 13.1. The minimum absolute atomic E-state index is 0.0672. The minimum Gasteiger partial charge on any atom is -0.406 e. The van der Waals surface area contributed by atoms with Crippen LogP contribution in [0.2, 0.25) is 0 Å². The van der Waals surface area contributed by atoms with E-state index in [0.717, 1.165) is 11.5 Å². The van der Waals surface area contributed by atoms with Gasteiger partial charge in [0.2, 0.25) is 5.88 Å². The summed E-state index contributed by atoms with van der Waals surface area (Å²) in [6, 6.07) is 0. The molecule has 102 valence electrons. The van der Waals surface area contributed by atoms with Gasteiger partial charge in [-0.15, -0.1) is 0 Å². The van der Waals surface area contributed by atoms with E-state index in [1.165, 1.54) is 14.2 Å². The van der Waals surface area contributed by atoms with Crippen molar-refractivity contribution in [2.45, 2.75) is 6.92 Å². The zero-order chi connectivity index (χ0) is 13.8. The molecule has 7 nitrogen and oxygen atoms in total. The maximum Gasteiger partial charge on any atom is 0.413 e. The predicted octanol–water partition coefficient (Wildman–Crippen LogP) is 2.63. The van der Waals surface area contributed by atoms with Crippen molar-refractivity contribution < 1.29 is 22.2 Å². The number of nitrogens with zero attached hydrogens (tertiary/aromatic N) is 1. The fraction of sp³-hybridized carbons (Fsp3) is 0.429.